The molecule has 2 aromatic rings. The van der Waals surface area contributed by atoms with E-state index in [2.05, 4.69) is 0 Å². The van der Waals surface area contributed by atoms with Crippen molar-refractivity contribution in [3.8, 4) is 11.5 Å². The lowest BCUT2D eigenvalue weighted by Gasteiger charge is -2.19. The molecule has 140 valence electrons. The second-order valence-corrected chi connectivity index (χ2v) is 7.08. The van der Waals surface area contributed by atoms with Crippen LogP contribution in [0.3, 0.4) is 0 Å². The third-order valence-corrected chi connectivity index (χ3v) is 4.88. The minimum absolute atomic E-state index is 0.0382. The molecule has 0 amide bonds. The first kappa shape index (κ1) is 20.0. The summed E-state index contributed by atoms with van der Waals surface area (Å²) in [5, 5.41) is 0. The number of phosphoric acid groups is 1. The molecule has 0 heterocycles. The van der Waals surface area contributed by atoms with Gasteiger partial charge < -0.3 is 13.8 Å². The number of carbonyl (C=O) groups excluding carboxylic acids is 1. The lowest BCUT2D eigenvalue weighted by molar-refractivity contribution is -0.148. The Morgan fingerprint density at radius 1 is 0.923 bits per heavy atom. The third kappa shape index (κ3) is 6.54. The molecule has 7 heteroatoms. The number of carbonyl (C=O) groups is 1. The maximum absolute atomic E-state index is 13.0. The first-order valence-corrected chi connectivity index (χ1v) is 9.89. The summed E-state index contributed by atoms with van der Waals surface area (Å²) in [6.45, 7) is 3.53. The zero-order valence-corrected chi connectivity index (χ0v) is 15.8. The van der Waals surface area contributed by atoms with Crippen molar-refractivity contribution in [3.63, 3.8) is 0 Å². The van der Waals surface area contributed by atoms with Crippen LogP contribution in [0.5, 0.6) is 11.5 Å². The molecule has 2 rings (SSSR count). The Balaban J connectivity index is 1.98. The van der Waals surface area contributed by atoms with Crippen LogP contribution in [0.25, 0.3) is 0 Å². The second-order valence-electron chi connectivity index (χ2n) is 5.57. The highest BCUT2D eigenvalue weighted by Crippen LogP contribution is 2.49. The number of para-hydroxylation sites is 2. The summed E-state index contributed by atoms with van der Waals surface area (Å²) in [7, 11) is -3.95. The van der Waals surface area contributed by atoms with Crippen molar-refractivity contribution in [2.24, 2.45) is 5.92 Å². The predicted molar refractivity (Wildman–Crippen MR) is 98.1 cm³/mol. The highest BCUT2D eigenvalue weighted by Gasteiger charge is 2.31. The fourth-order valence-electron chi connectivity index (χ4n) is 1.89. The van der Waals surface area contributed by atoms with Gasteiger partial charge in [0.15, 0.2) is 0 Å². The van der Waals surface area contributed by atoms with Crippen LogP contribution in [0.1, 0.15) is 20.3 Å². The molecule has 1 atom stereocenters. The van der Waals surface area contributed by atoms with E-state index in [1.165, 1.54) is 0 Å². The number of hydrogen-bond donors (Lipinski definition) is 0. The molecule has 0 N–H and O–H groups in total. The van der Waals surface area contributed by atoms with E-state index in [9.17, 15) is 9.36 Å². The molecule has 26 heavy (non-hydrogen) atoms. The maximum Gasteiger partial charge on any atom is 0.587 e. The van der Waals surface area contributed by atoms with Crippen LogP contribution < -0.4 is 9.05 Å². The van der Waals surface area contributed by atoms with Gasteiger partial charge in [-0.1, -0.05) is 50.2 Å². The van der Waals surface area contributed by atoms with E-state index >= 15 is 0 Å². The van der Waals surface area contributed by atoms with Crippen LogP contribution in [0.15, 0.2) is 60.7 Å². The molecule has 6 nitrogen and oxygen atoms in total. The Hall–Kier alpha value is -2.30. The fraction of sp³-hybridized carbons (Fsp3) is 0.316. The number of phosphoric ester groups is 1. The van der Waals surface area contributed by atoms with E-state index in [-0.39, 0.29) is 25.1 Å². The summed E-state index contributed by atoms with van der Waals surface area (Å²) >= 11 is 0. The largest absolute Gasteiger partial charge is 0.587 e. The molecule has 0 saturated carbocycles. The molecule has 0 aliphatic heterocycles. The molecule has 1 unspecified atom stereocenters. The van der Waals surface area contributed by atoms with Gasteiger partial charge in [-0.05, 0) is 30.7 Å². The molecular weight excluding hydrogens is 355 g/mol. The van der Waals surface area contributed by atoms with Gasteiger partial charge in [0.2, 0.25) is 0 Å². The Morgan fingerprint density at radius 3 is 1.88 bits per heavy atom. The minimum Gasteiger partial charge on any atom is -0.463 e. The monoisotopic (exact) mass is 378 g/mol. The SMILES string of the molecule is CCC(C)C(=O)OCCOP(=O)(Oc1ccccc1)Oc1ccccc1. The molecule has 0 saturated heterocycles. The van der Waals surface area contributed by atoms with Gasteiger partial charge in [-0.15, -0.1) is 0 Å². The van der Waals surface area contributed by atoms with E-state index in [1.54, 1.807) is 55.5 Å². The summed E-state index contributed by atoms with van der Waals surface area (Å²) in [4.78, 5) is 11.7. The molecule has 0 spiro atoms. The van der Waals surface area contributed by atoms with Crippen molar-refractivity contribution in [1.82, 2.24) is 0 Å². The number of rotatable bonds is 10. The van der Waals surface area contributed by atoms with Gasteiger partial charge in [0.1, 0.15) is 18.1 Å². The molecular formula is C19H23O6P. The summed E-state index contributed by atoms with van der Waals surface area (Å²) in [5.41, 5.74) is 0. The molecule has 0 aromatic heterocycles. The Bertz CT molecular complexity index is 674. The smallest absolute Gasteiger partial charge is 0.463 e. The summed E-state index contributed by atoms with van der Waals surface area (Å²) in [6.07, 6.45) is 0.687. The maximum atomic E-state index is 13.0. The topological polar surface area (TPSA) is 71.1 Å². The van der Waals surface area contributed by atoms with E-state index < -0.39 is 7.82 Å². The Labute approximate surface area is 153 Å². The van der Waals surface area contributed by atoms with Gasteiger partial charge in [0.05, 0.1) is 12.5 Å². The number of hydrogen-bond acceptors (Lipinski definition) is 6. The minimum atomic E-state index is -3.95. The quantitative estimate of drug-likeness (QED) is 0.334. The third-order valence-electron chi connectivity index (χ3n) is 3.51. The highest BCUT2D eigenvalue weighted by molar-refractivity contribution is 7.49. The van der Waals surface area contributed by atoms with Gasteiger partial charge in [-0.25, -0.2) is 4.57 Å². The van der Waals surface area contributed by atoms with Crippen LogP contribution in [0.2, 0.25) is 0 Å². The second kappa shape index (κ2) is 10.00. The summed E-state index contributed by atoms with van der Waals surface area (Å²) < 4.78 is 34.3. The molecule has 0 bridgehead atoms. The zero-order valence-electron chi connectivity index (χ0n) is 14.9. The average molecular weight is 378 g/mol. The summed E-state index contributed by atoms with van der Waals surface area (Å²) in [5.74, 6) is 0.188. The van der Waals surface area contributed by atoms with Crippen LogP contribution in [0, 0.1) is 5.92 Å². The first-order chi connectivity index (χ1) is 12.5. The van der Waals surface area contributed by atoms with E-state index in [0.717, 1.165) is 0 Å². The van der Waals surface area contributed by atoms with Crippen LogP contribution in [-0.2, 0) is 18.6 Å². The van der Waals surface area contributed by atoms with Crippen molar-refractivity contribution in [2.75, 3.05) is 13.2 Å². The zero-order chi connectivity index (χ0) is 18.8. The van der Waals surface area contributed by atoms with Crippen molar-refractivity contribution in [2.45, 2.75) is 20.3 Å². The number of ether oxygens (including phenoxy) is 1. The average Bonchev–Trinajstić information content (AvgIpc) is 2.66. The number of esters is 1. The Morgan fingerprint density at radius 2 is 1.42 bits per heavy atom. The predicted octanol–water partition coefficient (Wildman–Crippen LogP) is 4.86. The van der Waals surface area contributed by atoms with Crippen LogP contribution in [0.4, 0.5) is 0 Å². The highest BCUT2D eigenvalue weighted by atomic mass is 31.2. The van der Waals surface area contributed by atoms with Crippen molar-refractivity contribution >= 4 is 13.8 Å². The summed E-state index contributed by atoms with van der Waals surface area (Å²) in [6, 6.07) is 17.2. The van der Waals surface area contributed by atoms with Crippen molar-refractivity contribution < 1.29 is 27.7 Å². The van der Waals surface area contributed by atoms with E-state index in [4.69, 9.17) is 18.3 Å². The lowest BCUT2D eigenvalue weighted by Crippen LogP contribution is -2.17. The lowest BCUT2D eigenvalue weighted by atomic mass is 10.1. The van der Waals surface area contributed by atoms with Crippen molar-refractivity contribution in [1.29, 1.82) is 0 Å². The normalized spacial score (nSPS) is 12.2. The molecule has 0 aliphatic rings. The van der Waals surface area contributed by atoms with Gasteiger partial charge in [-0.3, -0.25) is 9.32 Å². The molecule has 0 fully saturated rings. The van der Waals surface area contributed by atoms with Gasteiger partial charge in [-0.2, -0.15) is 0 Å². The fourth-order valence-corrected chi connectivity index (χ4v) is 3.09. The van der Waals surface area contributed by atoms with E-state index in [1.807, 2.05) is 19.1 Å². The Kier molecular flexibility index (Phi) is 7.70. The van der Waals surface area contributed by atoms with Gasteiger partial charge in [0, 0.05) is 0 Å². The molecule has 2 aromatic carbocycles. The van der Waals surface area contributed by atoms with Crippen molar-refractivity contribution in [3.05, 3.63) is 60.7 Å². The van der Waals surface area contributed by atoms with Crippen LogP contribution >= 0.6 is 7.82 Å². The standard InChI is InChI=1S/C19H23O6P/c1-3-16(2)19(20)22-14-15-23-26(21,24-17-10-6-4-7-11-17)25-18-12-8-5-9-13-18/h4-13,16H,3,14-15H2,1-2H3. The van der Waals surface area contributed by atoms with Gasteiger partial charge in [0.25, 0.3) is 0 Å². The molecule has 0 radical (unpaired) electrons. The van der Waals surface area contributed by atoms with Gasteiger partial charge >= 0.3 is 13.8 Å². The molecule has 0 aliphatic carbocycles. The number of benzene rings is 2. The first-order valence-electron chi connectivity index (χ1n) is 8.43. The van der Waals surface area contributed by atoms with E-state index in [0.29, 0.717) is 17.9 Å². The van der Waals surface area contributed by atoms with Crippen LogP contribution in [-0.4, -0.2) is 19.2 Å².